The van der Waals surface area contributed by atoms with Crippen molar-refractivity contribution >= 4 is 11.6 Å². The number of nitrogens with two attached hydrogens (primary N) is 1. The third-order valence-corrected chi connectivity index (χ3v) is 2.76. The van der Waals surface area contributed by atoms with Crippen molar-refractivity contribution in [3.8, 4) is 0 Å². The largest absolute Gasteiger partial charge is 0.416 e. The highest BCUT2D eigenvalue weighted by atomic mass is 19.4. The molecule has 0 spiro atoms. The van der Waals surface area contributed by atoms with E-state index in [-0.39, 0.29) is 18.7 Å². The number of carbonyl (C=O) groups is 1. The maximum absolute atomic E-state index is 12.8. The van der Waals surface area contributed by atoms with E-state index in [0.717, 1.165) is 6.07 Å². The number of nitrogens with one attached hydrogen (secondary N) is 1. The van der Waals surface area contributed by atoms with Crippen molar-refractivity contribution in [1.29, 1.82) is 0 Å². The Hall–Kier alpha value is -2.51. The fourth-order valence-corrected chi connectivity index (χ4v) is 1.85. The third kappa shape index (κ3) is 3.98. The molecule has 112 valence electrons. The molecule has 0 aliphatic heterocycles. The molecule has 1 heterocycles. The van der Waals surface area contributed by atoms with Crippen LogP contribution in [-0.4, -0.2) is 15.7 Å². The minimum Gasteiger partial charge on any atom is -0.378 e. The van der Waals surface area contributed by atoms with Gasteiger partial charge in [-0.05, 0) is 11.6 Å². The topological polar surface area (TPSA) is 72.9 Å². The van der Waals surface area contributed by atoms with Crippen molar-refractivity contribution < 1.29 is 18.0 Å². The van der Waals surface area contributed by atoms with Crippen molar-refractivity contribution in [2.45, 2.75) is 19.3 Å². The van der Waals surface area contributed by atoms with Crippen LogP contribution in [0.3, 0.4) is 0 Å². The summed E-state index contributed by atoms with van der Waals surface area (Å²) in [5.74, 6) is -0.549. The van der Waals surface area contributed by atoms with E-state index in [1.54, 1.807) is 6.07 Å². The molecule has 0 radical (unpaired) electrons. The molecule has 5 nitrogen and oxygen atoms in total. The molecule has 2 rings (SSSR count). The highest BCUT2D eigenvalue weighted by Crippen LogP contribution is 2.32. The quantitative estimate of drug-likeness (QED) is 0.886. The first kappa shape index (κ1) is 14.9. The van der Waals surface area contributed by atoms with Gasteiger partial charge in [-0.25, -0.2) is 0 Å². The SMILES string of the molecule is NC(=O)Cn1cc(NCc2ccccc2C(F)(F)F)cn1. The van der Waals surface area contributed by atoms with Gasteiger partial charge in [0, 0.05) is 12.7 Å². The highest BCUT2D eigenvalue weighted by Gasteiger charge is 2.32. The lowest BCUT2D eigenvalue weighted by Gasteiger charge is -2.13. The van der Waals surface area contributed by atoms with Crippen LogP contribution in [0.5, 0.6) is 0 Å². The zero-order valence-corrected chi connectivity index (χ0v) is 10.9. The van der Waals surface area contributed by atoms with Crippen molar-refractivity contribution in [3.63, 3.8) is 0 Å². The number of rotatable bonds is 5. The molecule has 2 aromatic rings. The van der Waals surface area contributed by atoms with Crippen LogP contribution in [-0.2, 0) is 24.1 Å². The monoisotopic (exact) mass is 298 g/mol. The first-order chi connectivity index (χ1) is 9.86. The van der Waals surface area contributed by atoms with Gasteiger partial charge >= 0.3 is 6.18 Å². The summed E-state index contributed by atoms with van der Waals surface area (Å²) in [6.07, 6.45) is -1.48. The Morgan fingerprint density at radius 3 is 2.71 bits per heavy atom. The summed E-state index contributed by atoms with van der Waals surface area (Å²) in [5.41, 5.74) is 4.98. The van der Waals surface area contributed by atoms with Crippen molar-refractivity contribution in [3.05, 3.63) is 47.8 Å². The van der Waals surface area contributed by atoms with Crippen LogP contribution in [0.4, 0.5) is 18.9 Å². The molecule has 0 atom stereocenters. The molecule has 3 N–H and O–H groups in total. The lowest BCUT2D eigenvalue weighted by Crippen LogP contribution is -2.18. The number of aromatic nitrogens is 2. The predicted octanol–water partition coefficient (Wildman–Crippen LogP) is 2.00. The van der Waals surface area contributed by atoms with E-state index in [1.165, 1.54) is 29.2 Å². The zero-order chi connectivity index (χ0) is 15.5. The Bertz CT molecular complexity index is 636. The molecule has 8 heteroatoms. The second kappa shape index (κ2) is 5.86. The normalized spacial score (nSPS) is 11.4. The minimum absolute atomic E-state index is 0.00204. The van der Waals surface area contributed by atoms with Crippen LogP contribution >= 0.6 is 0 Å². The van der Waals surface area contributed by atoms with Gasteiger partial charge < -0.3 is 11.1 Å². The average molecular weight is 298 g/mol. The number of benzene rings is 1. The lowest BCUT2D eigenvalue weighted by molar-refractivity contribution is -0.138. The third-order valence-electron chi connectivity index (χ3n) is 2.76. The van der Waals surface area contributed by atoms with E-state index in [1.807, 2.05) is 0 Å². The number of primary amides is 1. The number of halogens is 3. The van der Waals surface area contributed by atoms with Crippen LogP contribution in [0.1, 0.15) is 11.1 Å². The number of nitrogens with zero attached hydrogens (tertiary/aromatic N) is 2. The van der Waals surface area contributed by atoms with Crippen LogP contribution in [0, 0.1) is 0 Å². The number of carbonyl (C=O) groups excluding carboxylic acids is 1. The highest BCUT2D eigenvalue weighted by molar-refractivity contribution is 5.73. The fourth-order valence-electron chi connectivity index (χ4n) is 1.85. The standard InChI is InChI=1S/C13H13F3N4O/c14-13(15,16)11-4-2-1-3-9(11)5-18-10-6-19-20(7-10)8-12(17)21/h1-4,6-7,18H,5,8H2,(H2,17,21). The van der Waals surface area contributed by atoms with Gasteiger partial charge in [0.05, 0.1) is 17.4 Å². The van der Waals surface area contributed by atoms with Gasteiger partial charge in [0.25, 0.3) is 0 Å². The number of amides is 1. The molecule has 0 fully saturated rings. The molecular formula is C13H13F3N4O. The van der Waals surface area contributed by atoms with Crippen molar-refractivity contribution in [1.82, 2.24) is 9.78 Å². The van der Waals surface area contributed by atoms with Crippen LogP contribution in [0.15, 0.2) is 36.7 Å². The van der Waals surface area contributed by atoms with E-state index >= 15 is 0 Å². The van der Waals surface area contributed by atoms with Gasteiger partial charge in [0.15, 0.2) is 0 Å². The molecule has 1 aromatic carbocycles. The molecule has 0 bridgehead atoms. The molecular weight excluding hydrogens is 285 g/mol. The smallest absolute Gasteiger partial charge is 0.378 e. The van der Waals surface area contributed by atoms with E-state index < -0.39 is 17.6 Å². The number of hydrogen-bond donors (Lipinski definition) is 2. The fraction of sp³-hybridized carbons (Fsp3) is 0.231. The molecule has 0 saturated carbocycles. The predicted molar refractivity (Wildman–Crippen MR) is 70.2 cm³/mol. The molecule has 0 unspecified atom stereocenters. The Kier molecular flexibility index (Phi) is 4.15. The Morgan fingerprint density at radius 2 is 2.05 bits per heavy atom. The summed E-state index contributed by atoms with van der Waals surface area (Å²) >= 11 is 0. The summed E-state index contributed by atoms with van der Waals surface area (Å²) in [6.45, 7) is -0.0846. The molecule has 1 amide bonds. The number of hydrogen-bond acceptors (Lipinski definition) is 3. The molecule has 0 saturated heterocycles. The van der Waals surface area contributed by atoms with E-state index in [4.69, 9.17) is 5.73 Å². The number of alkyl halides is 3. The Morgan fingerprint density at radius 1 is 1.33 bits per heavy atom. The van der Waals surface area contributed by atoms with Crippen molar-refractivity contribution in [2.75, 3.05) is 5.32 Å². The van der Waals surface area contributed by atoms with E-state index in [0.29, 0.717) is 5.69 Å². The summed E-state index contributed by atoms with van der Waals surface area (Å²) in [7, 11) is 0. The summed E-state index contributed by atoms with van der Waals surface area (Å²) < 4.78 is 39.8. The molecule has 21 heavy (non-hydrogen) atoms. The first-order valence-corrected chi connectivity index (χ1v) is 6.06. The minimum atomic E-state index is -4.39. The van der Waals surface area contributed by atoms with Crippen LogP contribution < -0.4 is 11.1 Å². The molecule has 0 aliphatic rings. The lowest BCUT2D eigenvalue weighted by atomic mass is 10.1. The van der Waals surface area contributed by atoms with Crippen LogP contribution in [0.25, 0.3) is 0 Å². The second-order valence-corrected chi connectivity index (χ2v) is 4.40. The summed E-state index contributed by atoms with van der Waals surface area (Å²) in [4.78, 5) is 10.7. The van der Waals surface area contributed by atoms with Gasteiger partial charge in [-0.3, -0.25) is 9.48 Å². The van der Waals surface area contributed by atoms with Gasteiger partial charge in [-0.2, -0.15) is 18.3 Å². The van der Waals surface area contributed by atoms with Gasteiger partial charge in [0.2, 0.25) is 5.91 Å². The zero-order valence-electron chi connectivity index (χ0n) is 10.9. The maximum Gasteiger partial charge on any atom is 0.416 e. The molecule has 1 aromatic heterocycles. The average Bonchev–Trinajstić information content (AvgIpc) is 2.82. The van der Waals surface area contributed by atoms with Gasteiger partial charge in [-0.1, -0.05) is 18.2 Å². The van der Waals surface area contributed by atoms with Crippen molar-refractivity contribution in [2.24, 2.45) is 5.73 Å². The summed E-state index contributed by atoms with van der Waals surface area (Å²) in [5, 5.41) is 6.70. The first-order valence-electron chi connectivity index (χ1n) is 6.06. The Balaban J connectivity index is 2.07. The number of anilines is 1. The summed E-state index contributed by atoms with van der Waals surface area (Å²) in [6, 6.07) is 5.33. The van der Waals surface area contributed by atoms with E-state index in [9.17, 15) is 18.0 Å². The van der Waals surface area contributed by atoms with Crippen LogP contribution in [0.2, 0.25) is 0 Å². The Labute approximate surface area is 118 Å². The second-order valence-electron chi connectivity index (χ2n) is 4.40. The maximum atomic E-state index is 12.8. The van der Waals surface area contributed by atoms with Gasteiger partial charge in [0.1, 0.15) is 6.54 Å². The van der Waals surface area contributed by atoms with Gasteiger partial charge in [-0.15, -0.1) is 0 Å². The molecule has 0 aliphatic carbocycles. The van der Waals surface area contributed by atoms with E-state index in [2.05, 4.69) is 10.4 Å².